The van der Waals surface area contributed by atoms with E-state index in [-0.39, 0.29) is 5.82 Å². The highest BCUT2D eigenvalue weighted by atomic mass is 79.9. The first-order chi connectivity index (χ1) is 8.72. The summed E-state index contributed by atoms with van der Waals surface area (Å²) in [7, 11) is 0. The van der Waals surface area contributed by atoms with E-state index in [1.54, 1.807) is 6.20 Å². The van der Waals surface area contributed by atoms with Crippen molar-refractivity contribution in [1.82, 2.24) is 4.98 Å². The molecule has 1 aliphatic rings. The van der Waals surface area contributed by atoms with Gasteiger partial charge in [0.2, 0.25) is 0 Å². The minimum atomic E-state index is -0.256. The molecule has 0 spiro atoms. The molecule has 1 aliphatic carbocycles. The van der Waals surface area contributed by atoms with Crippen molar-refractivity contribution in [3.8, 4) is 0 Å². The summed E-state index contributed by atoms with van der Waals surface area (Å²) in [5.74, 6) is 0.215. The number of anilines is 1. The summed E-state index contributed by atoms with van der Waals surface area (Å²) in [6, 6.07) is 1.90. The van der Waals surface area contributed by atoms with Gasteiger partial charge in [0, 0.05) is 23.3 Å². The lowest BCUT2D eigenvalue weighted by Gasteiger charge is -2.30. The normalized spacial score (nSPS) is 16.2. The van der Waals surface area contributed by atoms with Gasteiger partial charge in [-0.3, -0.25) is 0 Å². The first-order valence-corrected chi connectivity index (χ1v) is 7.29. The molecule has 0 radical (unpaired) electrons. The van der Waals surface area contributed by atoms with Crippen molar-refractivity contribution in [2.24, 2.45) is 5.73 Å². The van der Waals surface area contributed by atoms with Gasteiger partial charge < -0.3 is 10.6 Å². The molecule has 0 aliphatic heterocycles. The molecule has 2 N–H and O–H groups in total. The number of nitrogens with two attached hydrogens (primary N) is 1. The van der Waals surface area contributed by atoms with E-state index in [4.69, 9.17) is 5.73 Å². The molecule has 0 saturated heterocycles. The van der Waals surface area contributed by atoms with Crippen molar-refractivity contribution < 1.29 is 4.39 Å². The Morgan fingerprint density at radius 2 is 2.17 bits per heavy atom. The van der Waals surface area contributed by atoms with Gasteiger partial charge in [0.25, 0.3) is 0 Å². The van der Waals surface area contributed by atoms with Gasteiger partial charge in [-0.1, -0.05) is 12.8 Å². The van der Waals surface area contributed by atoms with E-state index in [9.17, 15) is 4.39 Å². The fraction of sp³-hybridized carbons (Fsp3) is 0.615. The zero-order valence-electron chi connectivity index (χ0n) is 10.4. The maximum absolute atomic E-state index is 14.0. The number of hydrogen-bond acceptors (Lipinski definition) is 3. The maximum Gasteiger partial charge on any atom is 0.166 e. The third kappa shape index (κ3) is 3.20. The average molecular weight is 316 g/mol. The van der Waals surface area contributed by atoms with Crippen molar-refractivity contribution in [2.75, 3.05) is 18.0 Å². The minimum absolute atomic E-state index is 0.256. The molecule has 100 valence electrons. The van der Waals surface area contributed by atoms with Gasteiger partial charge in [-0.2, -0.15) is 0 Å². The zero-order chi connectivity index (χ0) is 13.0. The topological polar surface area (TPSA) is 42.1 Å². The Kier molecular flexibility index (Phi) is 4.95. The maximum atomic E-state index is 14.0. The Balaban J connectivity index is 2.20. The van der Waals surface area contributed by atoms with E-state index < -0.39 is 0 Å². The van der Waals surface area contributed by atoms with Crippen molar-refractivity contribution in [1.29, 1.82) is 0 Å². The van der Waals surface area contributed by atoms with E-state index >= 15 is 0 Å². The van der Waals surface area contributed by atoms with Crippen molar-refractivity contribution >= 4 is 21.7 Å². The number of hydrogen-bond donors (Lipinski definition) is 1. The van der Waals surface area contributed by atoms with Crippen LogP contribution in [0.5, 0.6) is 0 Å². The molecule has 3 nitrogen and oxygen atoms in total. The van der Waals surface area contributed by atoms with Gasteiger partial charge in [0.1, 0.15) is 0 Å². The van der Waals surface area contributed by atoms with E-state index in [0.29, 0.717) is 22.9 Å². The Bertz CT molecular complexity index is 394. The first kappa shape index (κ1) is 13.7. The molecule has 18 heavy (non-hydrogen) atoms. The Morgan fingerprint density at radius 3 is 2.78 bits per heavy atom. The minimum Gasteiger partial charge on any atom is -0.351 e. The Morgan fingerprint density at radius 1 is 1.44 bits per heavy atom. The predicted octanol–water partition coefficient (Wildman–Crippen LogP) is 3.08. The van der Waals surface area contributed by atoms with Crippen molar-refractivity contribution in [2.45, 2.75) is 38.1 Å². The lowest BCUT2D eigenvalue weighted by molar-refractivity contribution is 0.553. The van der Waals surface area contributed by atoms with Gasteiger partial charge in [-0.15, -0.1) is 0 Å². The average Bonchev–Trinajstić information content (AvgIpc) is 2.85. The summed E-state index contributed by atoms with van der Waals surface area (Å²) in [5, 5.41) is 0. The molecule has 1 fully saturated rings. The molecule has 0 aromatic carbocycles. The van der Waals surface area contributed by atoms with E-state index in [1.165, 1.54) is 18.9 Å². The van der Waals surface area contributed by atoms with Gasteiger partial charge >= 0.3 is 0 Å². The molecule has 5 heteroatoms. The highest BCUT2D eigenvalue weighted by Crippen LogP contribution is 2.29. The SMILES string of the molecule is NCCCN(c1ncc(Br)cc1F)C1CCCC1. The predicted molar refractivity (Wildman–Crippen MR) is 75.2 cm³/mol. The summed E-state index contributed by atoms with van der Waals surface area (Å²) in [6.45, 7) is 1.41. The second-order valence-corrected chi connectivity index (χ2v) is 5.65. The molecular weight excluding hydrogens is 297 g/mol. The highest BCUT2D eigenvalue weighted by molar-refractivity contribution is 9.10. The summed E-state index contributed by atoms with van der Waals surface area (Å²) in [6.07, 6.45) is 7.23. The number of nitrogens with zero attached hydrogens (tertiary/aromatic N) is 2. The summed E-state index contributed by atoms with van der Waals surface area (Å²) in [4.78, 5) is 6.34. The second kappa shape index (κ2) is 6.48. The van der Waals surface area contributed by atoms with Crippen LogP contribution >= 0.6 is 15.9 Å². The van der Waals surface area contributed by atoms with E-state index in [0.717, 1.165) is 25.8 Å². The molecule has 1 heterocycles. The number of aromatic nitrogens is 1. The number of rotatable bonds is 5. The third-order valence-electron chi connectivity index (χ3n) is 3.43. The smallest absolute Gasteiger partial charge is 0.166 e. The van der Waals surface area contributed by atoms with Gasteiger partial charge in [0.05, 0.1) is 0 Å². The molecule has 0 atom stereocenters. The lowest BCUT2D eigenvalue weighted by Crippen LogP contribution is -2.36. The molecule has 0 amide bonds. The molecular formula is C13H19BrFN3. The monoisotopic (exact) mass is 315 g/mol. The highest BCUT2D eigenvalue weighted by Gasteiger charge is 2.25. The van der Waals surface area contributed by atoms with E-state index in [1.807, 2.05) is 0 Å². The second-order valence-electron chi connectivity index (χ2n) is 4.73. The first-order valence-electron chi connectivity index (χ1n) is 6.50. The number of halogens is 2. The van der Waals surface area contributed by atoms with Crippen LogP contribution in [0.3, 0.4) is 0 Å². The quantitative estimate of drug-likeness (QED) is 0.908. The molecule has 1 saturated carbocycles. The van der Waals surface area contributed by atoms with Crippen LogP contribution in [0, 0.1) is 5.82 Å². The molecule has 1 aromatic rings. The summed E-state index contributed by atoms with van der Waals surface area (Å²) >= 11 is 3.24. The van der Waals surface area contributed by atoms with Crippen LogP contribution in [0.4, 0.5) is 10.2 Å². The molecule has 1 aromatic heterocycles. The number of pyridine rings is 1. The fourth-order valence-electron chi connectivity index (χ4n) is 2.56. The van der Waals surface area contributed by atoms with Crippen molar-refractivity contribution in [3.05, 3.63) is 22.6 Å². The third-order valence-corrected chi connectivity index (χ3v) is 3.86. The Hall–Kier alpha value is -0.680. The van der Waals surface area contributed by atoms with Crippen LogP contribution in [-0.2, 0) is 0 Å². The molecule has 0 unspecified atom stereocenters. The fourth-order valence-corrected chi connectivity index (χ4v) is 2.86. The van der Waals surface area contributed by atoms with Gasteiger partial charge in [-0.05, 0) is 47.8 Å². The van der Waals surface area contributed by atoms with Crippen molar-refractivity contribution in [3.63, 3.8) is 0 Å². The lowest BCUT2D eigenvalue weighted by atomic mass is 10.2. The Labute approximate surface area is 116 Å². The van der Waals surface area contributed by atoms with Crippen LogP contribution in [0.15, 0.2) is 16.7 Å². The van der Waals surface area contributed by atoms with Crippen LogP contribution in [0.2, 0.25) is 0 Å². The van der Waals surface area contributed by atoms with Gasteiger partial charge in [-0.25, -0.2) is 9.37 Å². The van der Waals surface area contributed by atoms with Gasteiger partial charge in [0.15, 0.2) is 11.6 Å². The largest absolute Gasteiger partial charge is 0.351 e. The standard InChI is InChI=1S/C13H19BrFN3/c14-10-8-12(15)13(17-9-10)18(7-3-6-16)11-4-1-2-5-11/h8-9,11H,1-7,16H2. The molecule has 2 rings (SSSR count). The van der Waals surface area contributed by atoms with Crippen LogP contribution in [0.25, 0.3) is 0 Å². The zero-order valence-corrected chi connectivity index (χ0v) is 12.0. The summed E-state index contributed by atoms with van der Waals surface area (Å²) < 4.78 is 14.7. The van der Waals surface area contributed by atoms with Crippen LogP contribution in [-0.4, -0.2) is 24.1 Å². The van der Waals surface area contributed by atoms with Crippen LogP contribution < -0.4 is 10.6 Å². The van der Waals surface area contributed by atoms with E-state index in [2.05, 4.69) is 25.8 Å². The van der Waals surface area contributed by atoms with Crippen LogP contribution in [0.1, 0.15) is 32.1 Å². The summed E-state index contributed by atoms with van der Waals surface area (Å²) in [5.41, 5.74) is 5.57. The molecule has 0 bridgehead atoms.